The van der Waals surface area contributed by atoms with Crippen LogP contribution in [0.2, 0.25) is 5.02 Å². The summed E-state index contributed by atoms with van der Waals surface area (Å²) >= 11 is 5.88. The number of nitrogens with zero attached hydrogens (tertiary/aromatic N) is 1. The Kier molecular flexibility index (Phi) is 4.25. The zero-order valence-electron chi connectivity index (χ0n) is 11.3. The number of halogens is 1. The molecule has 116 valence electrons. The minimum absolute atomic E-state index is 0.0104. The Hall–Kier alpha value is -1.22. The highest BCUT2D eigenvalue weighted by Crippen LogP contribution is 2.34. The smallest absolute Gasteiger partial charge is 0.275 e. The fourth-order valence-electron chi connectivity index (χ4n) is 2.22. The van der Waals surface area contributed by atoms with Gasteiger partial charge in [0.1, 0.15) is 0 Å². The lowest BCUT2D eigenvalue weighted by atomic mass is 9.78. The molecule has 21 heavy (non-hydrogen) atoms. The van der Waals surface area contributed by atoms with Gasteiger partial charge in [-0.1, -0.05) is 11.6 Å². The average Bonchev–Trinajstić information content (AvgIpc) is 2.36. The minimum atomic E-state index is -3.99. The maximum absolute atomic E-state index is 12.3. The molecule has 1 fully saturated rings. The van der Waals surface area contributed by atoms with Gasteiger partial charge in [0.25, 0.3) is 5.69 Å². The number of nitro groups is 1. The van der Waals surface area contributed by atoms with Crippen LogP contribution in [0.15, 0.2) is 17.0 Å². The summed E-state index contributed by atoms with van der Waals surface area (Å²) in [5.74, 6) is 0. The number of nitrogens with one attached hydrogen (secondary N) is 1. The lowest BCUT2D eigenvalue weighted by molar-refractivity contribution is -0.385. The third kappa shape index (κ3) is 3.03. The van der Waals surface area contributed by atoms with Crippen molar-refractivity contribution in [2.24, 2.45) is 0 Å². The van der Waals surface area contributed by atoms with Crippen LogP contribution in [-0.4, -0.2) is 30.6 Å². The van der Waals surface area contributed by atoms with Gasteiger partial charge in [-0.05, 0) is 32.3 Å². The van der Waals surface area contributed by atoms with Crippen molar-refractivity contribution >= 4 is 27.3 Å². The molecule has 2 N–H and O–H groups in total. The van der Waals surface area contributed by atoms with Crippen LogP contribution >= 0.6 is 11.6 Å². The van der Waals surface area contributed by atoms with Crippen LogP contribution < -0.4 is 4.72 Å². The van der Waals surface area contributed by atoms with E-state index in [2.05, 4.69) is 4.72 Å². The van der Waals surface area contributed by atoms with Crippen LogP contribution in [0.4, 0.5) is 5.69 Å². The summed E-state index contributed by atoms with van der Waals surface area (Å²) in [6.07, 6.45) is 1.88. The Bertz CT molecular complexity index is 680. The SMILES string of the molecule is Cc1c(Cl)cc(S(=O)(=O)NC2(CO)CCC2)cc1[N+](=O)[O-]. The molecular weight excluding hydrogens is 320 g/mol. The Morgan fingerprint density at radius 2 is 2.10 bits per heavy atom. The molecule has 0 heterocycles. The molecule has 0 amide bonds. The van der Waals surface area contributed by atoms with Gasteiger partial charge in [0, 0.05) is 11.6 Å². The monoisotopic (exact) mass is 334 g/mol. The molecule has 1 aliphatic rings. The summed E-state index contributed by atoms with van der Waals surface area (Å²) in [5.41, 5.74) is -1.01. The highest BCUT2D eigenvalue weighted by Gasteiger charge is 2.40. The lowest BCUT2D eigenvalue weighted by Gasteiger charge is -2.40. The topological polar surface area (TPSA) is 110 Å². The molecule has 0 aromatic heterocycles. The Morgan fingerprint density at radius 1 is 1.48 bits per heavy atom. The van der Waals surface area contributed by atoms with Crippen molar-refractivity contribution in [2.75, 3.05) is 6.61 Å². The number of benzene rings is 1. The van der Waals surface area contributed by atoms with Crippen LogP contribution in [0, 0.1) is 17.0 Å². The van der Waals surface area contributed by atoms with Gasteiger partial charge in [0.2, 0.25) is 10.0 Å². The predicted molar refractivity (Wildman–Crippen MR) is 76.8 cm³/mol. The van der Waals surface area contributed by atoms with E-state index >= 15 is 0 Å². The standard InChI is InChI=1S/C12H15ClN2O5S/c1-8-10(13)5-9(6-11(8)15(17)18)21(19,20)14-12(7-16)3-2-4-12/h5-6,14,16H,2-4,7H2,1H3. The van der Waals surface area contributed by atoms with Crippen molar-refractivity contribution in [3.05, 3.63) is 32.8 Å². The normalized spacial score (nSPS) is 17.3. The molecule has 1 aliphatic carbocycles. The first-order valence-electron chi connectivity index (χ1n) is 6.30. The predicted octanol–water partition coefficient (Wildman–Crippen LogP) is 1.75. The Morgan fingerprint density at radius 3 is 2.52 bits per heavy atom. The number of hydrogen-bond donors (Lipinski definition) is 2. The van der Waals surface area contributed by atoms with Crippen molar-refractivity contribution in [1.29, 1.82) is 0 Å². The third-order valence-electron chi connectivity index (χ3n) is 3.76. The van der Waals surface area contributed by atoms with E-state index < -0.39 is 20.5 Å². The maximum atomic E-state index is 12.3. The first-order chi connectivity index (χ1) is 9.71. The van der Waals surface area contributed by atoms with Gasteiger partial charge < -0.3 is 5.11 Å². The summed E-state index contributed by atoms with van der Waals surface area (Å²) < 4.78 is 27.1. The molecule has 1 saturated carbocycles. The molecule has 0 saturated heterocycles. The van der Waals surface area contributed by atoms with E-state index in [9.17, 15) is 23.6 Å². The van der Waals surface area contributed by atoms with E-state index in [1.54, 1.807) is 0 Å². The molecule has 1 aromatic rings. The highest BCUT2D eigenvalue weighted by molar-refractivity contribution is 7.89. The molecule has 1 aromatic carbocycles. The second-order valence-corrected chi connectivity index (χ2v) is 7.29. The summed E-state index contributed by atoms with van der Waals surface area (Å²) in [4.78, 5) is 10.0. The number of sulfonamides is 1. The van der Waals surface area contributed by atoms with E-state index in [1.165, 1.54) is 13.0 Å². The molecule has 0 radical (unpaired) electrons. The van der Waals surface area contributed by atoms with Gasteiger partial charge in [-0.2, -0.15) is 0 Å². The van der Waals surface area contributed by atoms with Crippen LogP contribution in [0.1, 0.15) is 24.8 Å². The van der Waals surface area contributed by atoms with Crippen molar-refractivity contribution in [1.82, 2.24) is 4.72 Å². The van der Waals surface area contributed by atoms with Crippen molar-refractivity contribution < 1.29 is 18.4 Å². The van der Waals surface area contributed by atoms with Crippen LogP contribution in [0.5, 0.6) is 0 Å². The second-order valence-electron chi connectivity index (χ2n) is 5.20. The lowest BCUT2D eigenvalue weighted by Crippen LogP contribution is -2.55. The molecule has 0 unspecified atom stereocenters. The number of aliphatic hydroxyl groups excluding tert-OH is 1. The number of nitro benzene ring substituents is 1. The summed E-state index contributed by atoms with van der Waals surface area (Å²) in [7, 11) is -3.99. The van der Waals surface area contributed by atoms with Gasteiger partial charge in [-0.3, -0.25) is 10.1 Å². The second kappa shape index (κ2) is 5.53. The molecule has 2 rings (SSSR count). The maximum Gasteiger partial charge on any atom is 0.275 e. The molecule has 9 heteroatoms. The summed E-state index contributed by atoms with van der Waals surface area (Å²) in [6.45, 7) is 1.14. The highest BCUT2D eigenvalue weighted by atomic mass is 35.5. The molecule has 0 aliphatic heterocycles. The number of rotatable bonds is 5. The Balaban J connectivity index is 2.43. The zero-order chi connectivity index (χ0) is 15.8. The van der Waals surface area contributed by atoms with Gasteiger partial charge in [0.15, 0.2) is 0 Å². The number of hydrogen-bond acceptors (Lipinski definition) is 5. The van der Waals surface area contributed by atoms with Crippen LogP contribution in [-0.2, 0) is 10.0 Å². The van der Waals surface area contributed by atoms with Crippen molar-refractivity contribution in [2.45, 2.75) is 36.6 Å². The van der Waals surface area contributed by atoms with E-state index in [-0.39, 0.29) is 27.8 Å². The first kappa shape index (κ1) is 16.2. The molecule has 7 nitrogen and oxygen atoms in total. The van der Waals surface area contributed by atoms with E-state index in [0.29, 0.717) is 12.8 Å². The van der Waals surface area contributed by atoms with Crippen LogP contribution in [0.25, 0.3) is 0 Å². The van der Waals surface area contributed by atoms with Gasteiger partial charge >= 0.3 is 0 Å². The third-order valence-corrected chi connectivity index (χ3v) is 5.71. The zero-order valence-corrected chi connectivity index (χ0v) is 12.9. The fourth-order valence-corrected chi connectivity index (χ4v) is 4.00. The molecule has 0 spiro atoms. The van der Waals surface area contributed by atoms with Gasteiger partial charge in [-0.25, -0.2) is 13.1 Å². The fraction of sp³-hybridized carbons (Fsp3) is 0.500. The van der Waals surface area contributed by atoms with E-state index in [1.807, 2.05) is 0 Å². The summed E-state index contributed by atoms with van der Waals surface area (Å²) in [5, 5.41) is 20.3. The first-order valence-corrected chi connectivity index (χ1v) is 8.16. The molecule has 0 bridgehead atoms. The van der Waals surface area contributed by atoms with Gasteiger partial charge in [0.05, 0.1) is 27.0 Å². The quantitative estimate of drug-likeness (QED) is 0.629. The average molecular weight is 335 g/mol. The Labute approximate surface area is 127 Å². The van der Waals surface area contributed by atoms with Crippen molar-refractivity contribution in [3.63, 3.8) is 0 Å². The largest absolute Gasteiger partial charge is 0.394 e. The molecule has 0 atom stereocenters. The van der Waals surface area contributed by atoms with Crippen molar-refractivity contribution in [3.8, 4) is 0 Å². The van der Waals surface area contributed by atoms with Gasteiger partial charge in [-0.15, -0.1) is 0 Å². The summed E-state index contributed by atoms with van der Waals surface area (Å²) in [6, 6.07) is 2.16. The minimum Gasteiger partial charge on any atom is -0.394 e. The van der Waals surface area contributed by atoms with E-state index in [4.69, 9.17) is 11.6 Å². The van der Waals surface area contributed by atoms with E-state index in [0.717, 1.165) is 12.5 Å². The molecular formula is C12H15ClN2O5S. The van der Waals surface area contributed by atoms with Crippen LogP contribution in [0.3, 0.4) is 0 Å². The number of aliphatic hydroxyl groups is 1.